The molecule has 2 aliphatic rings. The second-order valence-electron chi connectivity index (χ2n) is 5.97. The molecule has 1 saturated carbocycles. The highest BCUT2D eigenvalue weighted by Crippen LogP contribution is 2.32. The molecule has 1 amide bonds. The molecule has 0 radical (unpaired) electrons. The normalized spacial score (nSPS) is 23.4. The van der Waals surface area contributed by atoms with Crippen molar-refractivity contribution < 1.29 is 4.79 Å². The first-order chi connectivity index (χ1) is 9.79. The molecule has 3 rings (SSSR count). The second-order valence-corrected chi connectivity index (χ2v) is 5.97. The molecule has 1 aromatic rings. The van der Waals surface area contributed by atoms with Crippen molar-refractivity contribution in [1.82, 2.24) is 10.2 Å². The fourth-order valence-electron chi connectivity index (χ4n) is 3.13. The Morgan fingerprint density at radius 1 is 1.30 bits per heavy atom. The minimum absolute atomic E-state index is 0.211. The predicted octanol–water partition coefficient (Wildman–Crippen LogP) is 2.52. The lowest BCUT2D eigenvalue weighted by molar-refractivity contribution is -0.141. The van der Waals surface area contributed by atoms with Crippen LogP contribution in [0.5, 0.6) is 0 Å². The summed E-state index contributed by atoms with van der Waals surface area (Å²) in [5, 5.41) is 3.43. The molecule has 1 unspecified atom stereocenters. The molecule has 3 nitrogen and oxygen atoms in total. The van der Waals surface area contributed by atoms with Gasteiger partial charge in [0.2, 0.25) is 5.91 Å². The highest BCUT2D eigenvalue weighted by atomic mass is 16.2. The number of hydrogen-bond acceptors (Lipinski definition) is 2. The van der Waals surface area contributed by atoms with Gasteiger partial charge in [-0.1, -0.05) is 37.6 Å². The van der Waals surface area contributed by atoms with Crippen LogP contribution >= 0.6 is 0 Å². The first-order valence-corrected chi connectivity index (χ1v) is 7.89. The molecular weight excluding hydrogens is 248 g/mol. The monoisotopic (exact) mass is 272 g/mol. The Kier molecular flexibility index (Phi) is 4.06. The molecule has 1 aromatic carbocycles. The number of nitrogens with one attached hydrogen (secondary N) is 1. The van der Waals surface area contributed by atoms with E-state index in [1.807, 2.05) is 0 Å². The van der Waals surface area contributed by atoms with E-state index in [2.05, 4.69) is 41.4 Å². The van der Waals surface area contributed by atoms with E-state index in [-0.39, 0.29) is 6.04 Å². The minimum atomic E-state index is 0.211. The zero-order chi connectivity index (χ0) is 13.9. The summed E-state index contributed by atoms with van der Waals surface area (Å²) >= 11 is 0. The lowest BCUT2D eigenvalue weighted by atomic mass is 9.83. The average Bonchev–Trinajstić information content (AvgIpc) is 2.45. The van der Waals surface area contributed by atoms with Crippen LogP contribution in [0.2, 0.25) is 0 Å². The van der Waals surface area contributed by atoms with Crippen molar-refractivity contribution in [2.45, 2.75) is 38.6 Å². The average molecular weight is 272 g/mol. The van der Waals surface area contributed by atoms with Crippen molar-refractivity contribution in [3.05, 3.63) is 35.4 Å². The summed E-state index contributed by atoms with van der Waals surface area (Å²) in [6.45, 7) is 4.81. The van der Waals surface area contributed by atoms with Crippen molar-refractivity contribution in [3.63, 3.8) is 0 Å². The maximum absolute atomic E-state index is 12.6. The van der Waals surface area contributed by atoms with Crippen LogP contribution in [-0.4, -0.2) is 30.4 Å². The topological polar surface area (TPSA) is 32.3 Å². The van der Waals surface area contributed by atoms with Gasteiger partial charge in [-0.15, -0.1) is 0 Å². The number of amides is 1. The van der Waals surface area contributed by atoms with E-state index in [1.165, 1.54) is 17.5 Å². The van der Waals surface area contributed by atoms with Crippen LogP contribution in [-0.2, 0) is 11.2 Å². The molecule has 1 N–H and O–H groups in total. The predicted molar refractivity (Wildman–Crippen MR) is 80.5 cm³/mol. The summed E-state index contributed by atoms with van der Waals surface area (Å²) in [7, 11) is 0. The van der Waals surface area contributed by atoms with Crippen molar-refractivity contribution in [1.29, 1.82) is 0 Å². The minimum Gasteiger partial charge on any atom is -0.333 e. The highest BCUT2D eigenvalue weighted by Gasteiger charge is 2.34. The lowest BCUT2D eigenvalue weighted by Gasteiger charge is -2.40. The van der Waals surface area contributed by atoms with Gasteiger partial charge in [-0.3, -0.25) is 4.79 Å². The van der Waals surface area contributed by atoms with Gasteiger partial charge in [0, 0.05) is 25.6 Å². The third-order valence-corrected chi connectivity index (χ3v) is 4.75. The smallest absolute Gasteiger partial charge is 0.226 e. The van der Waals surface area contributed by atoms with Crippen LogP contribution in [0.15, 0.2) is 24.3 Å². The summed E-state index contributed by atoms with van der Waals surface area (Å²) in [6.07, 6.45) is 4.46. The van der Waals surface area contributed by atoms with Crippen LogP contribution in [0.1, 0.15) is 43.4 Å². The molecule has 1 aliphatic heterocycles. The number of rotatable bonds is 3. The summed E-state index contributed by atoms with van der Waals surface area (Å²) in [5.41, 5.74) is 2.62. The summed E-state index contributed by atoms with van der Waals surface area (Å²) in [6, 6.07) is 8.98. The Labute approximate surface area is 121 Å². The number of carbonyl (C=O) groups is 1. The van der Waals surface area contributed by atoms with Crippen molar-refractivity contribution in [2.75, 3.05) is 19.6 Å². The Bertz CT molecular complexity index is 464. The zero-order valence-corrected chi connectivity index (χ0v) is 12.3. The molecule has 1 heterocycles. The Hall–Kier alpha value is -1.35. The van der Waals surface area contributed by atoms with E-state index in [0.717, 1.165) is 38.9 Å². The Morgan fingerprint density at radius 3 is 2.65 bits per heavy atom. The number of nitrogens with zero attached hydrogens (tertiary/aromatic N) is 1. The number of aryl methyl sites for hydroxylation is 1. The summed E-state index contributed by atoms with van der Waals surface area (Å²) in [4.78, 5) is 14.7. The largest absolute Gasteiger partial charge is 0.333 e. The van der Waals surface area contributed by atoms with E-state index in [0.29, 0.717) is 11.8 Å². The number of benzene rings is 1. The number of hydrogen-bond donors (Lipinski definition) is 1. The number of piperazine rings is 1. The molecule has 0 aromatic heterocycles. The van der Waals surface area contributed by atoms with Crippen LogP contribution in [0.4, 0.5) is 0 Å². The third-order valence-electron chi connectivity index (χ3n) is 4.75. The maximum Gasteiger partial charge on any atom is 0.226 e. The van der Waals surface area contributed by atoms with Crippen LogP contribution in [0, 0.1) is 5.92 Å². The zero-order valence-electron chi connectivity index (χ0n) is 12.3. The van der Waals surface area contributed by atoms with Crippen molar-refractivity contribution >= 4 is 5.91 Å². The fraction of sp³-hybridized carbons (Fsp3) is 0.588. The molecule has 1 aliphatic carbocycles. The number of carbonyl (C=O) groups excluding carboxylic acids is 1. The van der Waals surface area contributed by atoms with Gasteiger partial charge in [-0.05, 0) is 30.4 Å². The van der Waals surface area contributed by atoms with Gasteiger partial charge in [0.15, 0.2) is 0 Å². The van der Waals surface area contributed by atoms with Gasteiger partial charge in [0.25, 0.3) is 0 Å². The summed E-state index contributed by atoms with van der Waals surface area (Å²) < 4.78 is 0. The molecule has 3 heteroatoms. The molecule has 0 spiro atoms. The summed E-state index contributed by atoms with van der Waals surface area (Å²) in [5.74, 6) is 0.674. The van der Waals surface area contributed by atoms with Crippen molar-refractivity contribution in [2.24, 2.45) is 5.92 Å². The standard InChI is InChI=1S/C17H24N2O/c1-2-13-6-8-14(9-7-13)16-12-18-10-11-19(16)17(20)15-4-3-5-15/h6-9,15-16,18H,2-5,10-12H2,1H3. The maximum atomic E-state index is 12.6. The van der Waals surface area contributed by atoms with E-state index >= 15 is 0 Å². The van der Waals surface area contributed by atoms with Gasteiger partial charge < -0.3 is 10.2 Å². The van der Waals surface area contributed by atoms with Crippen LogP contribution in [0.3, 0.4) is 0 Å². The van der Waals surface area contributed by atoms with E-state index in [9.17, 15) is 4.79 Å². The van der Waals surface area contributed by atoms with Crippen LogP contribution in [0.25, 0.3) is 0 Å². The van der Waals surface area contributed by atoms with E-state index in [1.54, 1.807) is 0 Å². The van der Waals surface area contributed by atoms with Crippen molar-refractivity contribution in [3.8, 4) is 0 Å². The highest BCUT2D eigenvalue weighted by molar-refractivity contribution is 5.80. The van der Waals surface area contributed by atoms with E-state index in [4.69, 9.17) is 0 Å². The first-order valence-electron chi connectivity index (χ1n) is 7.89. The molecule has 1 atom stereocenters. The van der Waals surface area contributed by atoms with Gasteiger partial charge in [-0.2, -0.15) is 0 Å². The van der Waals surface area contributed by atoms with Gasteiger partial charge >= 0.3 is 0 Å². The van der Waals surface area contributed by atoms with Crippen LogP contribution < -0.4 is 5.32 Å². The molecule has 108 valence electrons. The molecule has 1 saturated heterocycles. The molecule has 20 heavy (non-hydrogen) atoms. The molecular formula is C17H24N2O. The Morgan fingerprint density at radius 2 is 2.05 bits per heavy atom. The van der Waals surface area contributed by atoms with Gasteiger partial charge in [0.1, 0.15) is 0 Å². The quantitative estimate of drug-likeness (QED) is 0.917. The SMILES string of the molecule is CCc1ccc(C2CNCCN2C(=O)C2CCC2)cc1. The fourth-order valence-corrected chi connectivity index (χ4v) is 3.13. The second kappa shape index (κ2) is 5.96. The van der Waals surface area contributed by atoms with E-state index < -0.39 is 0 Å². The van der Waals surface area contributed by atoms with Gasteiger partial charge in [-0.25, -0.2) is 0 Å². The van der Waals surface area contributed by atoms with Gasteiger partial charge in [0.05, 0.1) is 6.04 Å². The first kappa shape index (κ1) is 13.6. The lowest BCUT2D eigenvalue weighted by Crippen LogP contribution is -2.51. The third kappa shape index (κ3) is 2.59. The Balaban J connectivity index is 1.78. The molecule has 2 fully saturated rings. The molecule has 0 bridgehead atoms.